The van der Waals surface area contributed by atoms with Crippen molar-refractivity contribution >= 4 is 47.5 Å². The smallest absolute Gasteiger partial charge is 0.410 e. The standard InChI is InChI=1S/C46H70N6O10/c1-28(2)32(26-29(3)38(56)48-31(27-35(55)61-44(7,8)9)39(57)47-24-25-52-33(53)22-23-34(52)54)50(15)41(59)36(43(4,5)6)49-40(58)37(51(16)42(60)62-45(10,11)12)46(13,14)30-20-18-17-19-21-30/h17-23,26,28,31-32,36-37H,24-25,27H2,1-16H3,(H,47,57)(H,48,56)(H,49,58)/b29-26+/t31-,32-,36-,37-/m1/s1. The van der Waals surface area contributed by atoms with Gasteiger partial charge in [-0.3, -0.25) is 43.4 Å². The van der Waals surface area contributed by atoms with E-state index in [1.807, 2.05) is 78.8 Å². The molecule has 62 heavy (non-hydrogen) atoms. The zero-order valence-corrected chi connectivity index (χ0v) is 39.6. The Balaban J connectivity index is 2.44. The number of benzene rings is 1. The van der Waals surface area contributed by atoms with Crippen LogP contribution < -0.4 is 16.0 Å². The number of likely N-dealkylation sites (N-methyl/N-ethyl adjacent to an activating group) is 2. The lowest BCUT2D eigenvalue weighted by Gasteiger charge is -2.42. The summed E-state index contributed by atoms with van der Waals surface area (Å²) in [5, 5.41) is 8.16. The number of ether oxygens (including phenoxy) is 2. The molecule has 344 valence electrons. The minimum absolute atomic E-state index is 0.124. The van der Waals surface area contributed by atoms with E-state index >= 15 is 0 Å². The van der Waals surface area contributed by atoms with Crippen molar-refractivity contribution in [1.29, 1.82) is 0 Å². The molecule has 16 heteroatoms. The molecule has 1 aromatic carbocycles. The van der Waals surface area contributed by atoms with E-state index < -0.39 is 100 Å². The first kappa shape index (κ1) is 52.6. The van der Waals surface area contributed by atoms with E-state index in [4.69, 9.17) is 9.47 Å². The van der Waals surface area contributed by atoms with Crippen LogP contribution in [-0.4, -0.2) is 125 Å². The Labute approximate surface area is 367 Å². The molecule has 2 rings (SSSR count). The van der Waals surface area contributed by atoms with Gasteiger partial charge in [0.2, 0.25) is 23.6 Å². The van der Waals surface area contributed by atoms with Crippen molar-refractivity contribution in [3.63, 3.8) is 0 Å². The van der Waals surface area contributed by atoms with Crippen LogP contribution in [0.5, 0.6) is 0 Å². The van der Waals surface area contributed by atoms with Gasteiger partial charge in [0.15, 0.2) is 0 Å². The summed E-state index contributed by atoms with van der Waals surface area (Å²) in [5.74, 6) is -4.53. The molecule has 0 spiro atoms. The lowest BCUT2D eigenvalue weighted by atomic mass is 9.76. The summed E-state index contributed by atoms with van der Waals surface area (Å²) in [6, 6.07) is 4.96. The lowest BCUT2D eigenvalue weighted by molar-refractivity contribution is -0.156. The summed E-state index contributed by atoms with van der Waals surface area (Å²) >= 11 is 0. The zero-order valence-electron chi connectivity index (χ0n) is 39.6. The number of nitrogens with one attached hydrogen (secondary N) is 3. The number of rotatable bonds is 17. The number of hydrogen-bond donors (Lipinski definition) is 3. The Bertz CT molecular complexity index is 1870. The number of hydrogen-bond acceptors (Lipinski definition) is 10. The van der Waals surface area contributed by atoms with Crippen LogP contribution in [0.15, 0.2) is 54.1 Å². The number of imide groups is 1. The number of amides is 7. The highest BCUT2D eigenvalue weighted by molar-refractivity contribution is 6.12. The molecule has 0 radical (unpaired) electrons. The third-order valence-corrected chi connectivity index (χ3v) is 10.1. The van der Waals surface area contributed by atoms with Crippen LogP contribution in [-0.2, 0) is 48.5 Å². The number of nitrogens with zero attached hydrogens (tertiary/aromatic N) is 3. The van der Waals surface area contributed by atoms with Gasteiger partial charge in [-0.15, -0.1) is 0 Å². The molecule has 0 aliphatic carbocycles. The second kappa shape index (κ2) is 21.0. The van der Waals surface area contributed by atoms with Gasteiger partial charge in [0.05, 0.1) is 12.5 Å². The van der Waals surface area contributed by atoms with E-state index in [2.05, 4.69) is 16.0 Å². The molecule has 4 atom stereocenters. The SMILES string of the molecule is C/C(=C\[C@H](C(C)C)N(C)C(=O)[C@@H](NC(=O)[C@@H](N(C)C(=O)OC(C)(C)C)C(C)(C)c1ccccc1)C(C)(C)C)C(=O)N[C@H](CC(=O)OC(C)(C)C)C(=O)NCCN1C(=O)C=CC1=O. The predicted octanol–water partition coefficient (Wildman–Crippen LogP) is 4.42. The summed E-state index contributed by atoms with van der Waals surface area (Å²) in [7, 11) is 3.07. The third-order valence-electron chi connectivity index (χ3n) is 10.1. The predicted molar refractivity (Wildman–Crippen MR) is 235 cm³/mol. The van der Waals surface area contributed by atoms with Crippen molar-refractivity contribution in [3.05, 3.63) is 59.7 Å². The fraction of sp³-hybridized carbons (Fsp3) is 0.609. The van der Waals surface area contributed by atoms with Gasteiger partial charge in [0.25, 0.3) is 11.8 Å². The summed E-state index contributed by atoms with van der Waals surface area (Å²) in [6.45, 7) is 24.3. The second-order valence-electron chi connectivity index (χ2n) is 19.7. The molecule has 0 fully saturated rings. The Hall–Kier alpha value is -5.54. The number of esters is 1. The molecule has 0 unspecified atom stereocenters. The largest absolute Gasteiger partial charge is 0.460 e. The van der Waals surface area contributed by atoms with Crippen LogP contribution in [0.1, 0.15) is 109 Å². The van der Waals surface area contributed by atoms with Crippen LogP contribution in [0.4, 0.5) is 4.79 Å². The number of carbonyl (C=O) groups is 8. The Morgan fingerprint density at radius 1 is 0.758 bits per heavy atom. The average Bonchev–Trinajstić information content (AvgIpc) is 3.45. The van der Waals surface area contributed by atoms with Gasteiger partial charge in [-0.1, -0.05) is 84.9 Å². The normalized spacial score (nSPS) is 15.6. The average molecular weight is 867 g/mol. The van der Waals surface area contributed by atoms with Crippen molar-refractivity contribution in [3.8, 4) is 0 Å². The second-order valence-corrected chi connectivity index (χ2v) is 19.7. The van der Waals surface area contributed by atoms with Crippen molar-refractivity contribution in [2.24, 2.45) is 11.3 Å². The van der Waals surface area contributed by atoms with Crippen LogP contribution in [0.3, 0.4) is 0 Å². The van der Waals surface area contributed by atoms with Gasteiger partial charge in [-0.2, -0.15) is 0 Å². The molecular weight excluding hydrogens is 797 g/mol. The number of carbonyl (C=O) groups excluding carboxylic acids is 8. The lowest BCUT2D eigenvalue weighted by Crippen LogP contribution is -2.63. The van der Waals surface area contributed by atoms with Crippen molar-refractivity contribution in [1.82, 2.24) is 30.7 Å². The Kier molecular flexibility index (Phi) is 17.8. The first-order chi connectivity index (χ1) is 28.3. The molecular formula is C46H70N6O10. The molecule has 0 saturated heterocycles. The van der Waals surface area contributed by atoms with Crippen LogP contribution in [0, 0.1) is 11.3 Å². The molecule has 3 N–H and O–H groups in total. The van der Waals surface area contributed by atoms with E-state index in [0.717, 1.165) is 22.6 Å². The van der Waals surface area contributed by atoms with Gasteiger partial charge in [0, 0.05) is 50.3 Å². The van der Waals surface area contributed by atoms with E-state index in [9.17, 15) is 38.4 Å². The molecule has 16 nitrogen and oxygen atoms in total. The summed E-state index contributed by atoms with van der Waals surface area (Å²) in [5.41, 5.74) is -2.59. The minimum atomic E-state index is -1.40. The molecule has 7 amide bonds. The summed E-state index contributed by atoms with van der Waals surface area (Å²) in [6.07, 6.45) is 2.59. The van der Waals surface area contributed by atoms with Crippen LogP contribution in [0.25, 0.3) is 0 Å². The summed E-state index contributed by atoms with van der Waals surface area (Å²) < 4.78 is 11.1. The van der Waals surface area contributed by atoms with Crippen molar-refractivity contribution in [2.45, 2.75) is 144 Å². The van der Waals surface area contributed by atoms with E-state index in [1.165, 1.54) is 23.8 Å². The zero-order chi connectivity index (χ0) is 47.7. The highest BCUT2D eigenvalue weighted by atomic mass is 16.6. The topological polar surface area (TPSA) is 201 Å². The highest BCUT2D eigenvalue weighted by Crippen LogP contribution is 2.32. The fourth-order valence-electron chi connectivity index (χ4n) is 6.85. The molecule has 0 bridgehead atoms. The van der Waals surface area contributed by atoms with Gasteiger partial charge in [-0.05, 0) is 65.4 Å². The van der Waals surface area contributed by atoms with Gasteiger partial charge < -0.3 is 30.3 Å². The monoisotopic (exact) mass is 867 g/mol. The maximum Gasteiger partial charge on any atom is 0.410 e. The Morgan fingerprint density at radius 3 is 1.77 bits per heavy atom. The van der Waals surface area contributed by atoms with Gasteiger partial charge in [-0.25, -0.2) is 4.79 Å². The first-order valence-corrected chi connectivity index (χ1v) is 20.9. The highest BCUT2D eigenvalue weighted by Gasteiger charge is 2.46. The molecule has 1 heterocycles. The molecule has 0 aromatic heterocycles. The van der Waals surface area contributed by atoms with E-state index in [0.29, 0.717) is 0 Å². The summed E-state index contributed by atoms with van der Waals surface area (Å²) in [4.78, 5) is 110. The molecule has 1 aliphatic heterocycles. The fourth-order valence-corrected chi connectivity index (χ4v) is 6.85. The van der Waals surface area contributed by atoms with Crippen molar-refractivity contribution < 1.29 is 47.8 Å². The van der Waals surface area contributed by atoms with Gasteiger partial charge in [0.1, 0.15) is 29.3 Å². The molecule has 0 saturated carbocycles. The van der Waals surface area contributed by atoms with Crippen molar-refractivity contribution in [2.75, 3.05) is 27.2 Å². The Morgan fingerprint density at radius 2 is 1.29 bits per heavy atom. The molecule has 1 aliphatic rings. The van der Waals surface area contributed by atoms with E-state index in [1.54, 1.807) is 54.7 Å². The molecule has 1 aromatic rings. The maximum atomic E-state index is 14.6. The maximum absolute atomic E-state index is 14.6. The van der Waals surface area contributed by atoms with E-state index in [-0.39, 0.29) is 24.6 Å². The van der Waals surface area contributed by atoms with Gasteiger partial charge >= 0.3 is 12.1 Å². The van der Waals surface area contributed by atoms with Crippen LogP contribution in [0.2, 0.25) is 0 Å². The first-order valence-electron chi connectivity index (χ1n) is 20.9. The van der Waals surface area contributed by atoms with Crippen LogP contribution >= 0.6 is 0 Å². The quantitative estimate of drug-likeness (QED) is 0.114. The third kappa shape index (κ3) is 15.1. The minimum Gasteiger partial charge on any atom is -0.460 e.